The lowest BCUT2D eigenvalue weighted by Crippen LogP contribution is -2.14. The van der Waals surface area contributed by atoms with Gasteiger partial charge in [-0.3, -0.25) is 4.98 Å². The van der Waals surface area contributed by atoms with E-state index < -0.39 is 0 Å². The molecule has 2 nitrogen and oxygen atoms in total. The second-order valence-electron chi connectivity index (χ2n) is 3.64. The molecule has 0 aromatic carbocycles. The van der Waals surface area contributed by atoms with Crippen molar-refractivity contribution in [2.24, 2.45) is 11.7 Å². The van der Waals surface area contributed by atoms with Crippen molar-refractivity contribution in [3.63, 3.8) is 0 Å². The maximum Gasteiger partial charge on any atom is 0.0571 e. The Morgan fingerprint density at radius 2 is 2.15 bits per heavy atom. The Bertz CT molecular complexity index is 256. The second kappa shape index (κ2) is 4.72. The highest BCUT2D eigenvalue weighted by atomic mass is 79.9. The predicted molar refractivity (Wildman–Crippen MR) is 58.3 cm³/mol. The van der Waals surface area contributed by atoms with Gasteiger partial charge in [0.1, 0.15) is 0 Å². The molecular formula is C10H15BrN2. The molecule has 1 rings (SSSR count). The van der Waals surface area contributed by atoms with E-state index in [1.54, 1.807) is 6.20 Å². The summed E-state index contributed by atoms with van der Waals surface area (Å²) in [6, 6.07) is 4.01. The first-order chi connectivity index (χ1) is 6.09. The summed E-state index contributed by atoms with van der Waals surface area (Å²) in [7, 11) is 0. The van der Waals surface area contributed by atoms with E-state index in [9.17, 15) is 0 Å². The summed E-state index contributed by atoms with van der Waals surface area (Å²) in [4.78, 5) is 4.26. The predicted octanol–water partition coefficient (Wildman–Crippen LogP) is 2.89. The summed E-state index contributed by atoms with van der Waals surface area (Å²) in [5.74, 6) is 0.612. The number of halogens is 1. The standard InChI is InChI=1S/C10H15BrN2/c1-7(2)5-9(12)10-4-3-8(11)6-13-10/h3-4,6-7,9H,5,12H2,1-2H3/t9-/m1/s1. The van der Waals surface area contributed by atoms with E-state index in [0.29, 0.717) is 5.92 Å². The normalized spacial score (nSPS) is 13.3. The molecule has 0 radical (unpaired) electrons. The molecule has 72 valence electrons. The maximum absolute atomic E-state index is 5.97. The Hall–Kier alpha value is -0.410. The zero-order valence-corrected chi connectivity index (χ0v) is 9.58. The quantitative estimate of drug-likeness (QED) is 0.886. The summed E-state index contributed by atoms with van der Waals surface area (Å²) < 4.78 is 0.994. The first kappa shape index (κ1) is 10.7. The average Bonchev–Trinajstić information content (AvgIpc) is 2.04. The van der Waals surface area contributed by atoms with Gasteiger partial charge in [-0.2, -0.15) is 0 Å². The first-order valence-corrected chi connectivity index (χ1v) is 5.26. The third-order valence-corrected chi connectivity index (χ3v) is 2.32. The van der Waals surface area contributed by atoms with Crippen molar-refractivity contribution in [1.82, 2.24) is 4.98 Å². The molecule has 1 aromatic rings. The minimum Gasteiger partial charge on any atom is -0.323 e. The van der Waals surface area contributed by atoms with Crippen molar-refractivity contribution in [3.8, 4) is 0 Å². The van der Waals surface area contributed by atoms with Gasteiger partial charge in [0.15, 0.2) is 0 Å². The Morgan fingerprint density at radius 1 is 1.46 bits per heavy atom. The number of nitrogens with zero attached hydrogens (tertiary/aromatic N) is 1. The molecule has 2 N–H and O–H groups in total. The Labute approximate surface area is 87.7 Å². The molecule has 0 spiro atoms. The molecule has 0 aliphatic rings. The average molecular weight is 243 g/mol. The van der Waals surface area contributed by atoms with Crippen molar-refractivity contribution >= 4 is 15.9 Å². The van der Waals surface area contributed by atoms with Crippen LogP contribution in [-0.2, 0) is 0 Å². The highest BCUT2D eigenvalue weighted by Gasteiger charge is 2.08. The van der Waals surface area contributed by atoms with Gasteiger partial charge in [0.25, 0.3) is 0 Å². The van der Waals surface area contributed by atoms with Crippen LogP contribution in [0.2, 0.25) is 0 Å². The molecule has 0 saturated heterocycles. The van der Waals surface area contributed by atoms with Gasteiger partial charge in [-0.05, 0) is 40.4 Å². The first-order valence-electron chi connectivity index (χ1n) is 4.46. The van der Waals surface area contributed by atoms with Crippen molar-refractivity contribution in [2.45, 2.75) is 26.3 Å². The van der Waals surface area contributed by atoms with Crippen LogP contribution in [0.25, 0.3) is 0 Å². The van der Waals surface area contributed by atoms with Crippen LogP contribution in [0.15, 0.2) is 22.8 Å². The van der Waals surface area contributed by atoms with Crippen molar-refractivity contribution < 1.29 is 0 Å². The molecule has 0 bridgehead atoms. The molecule has 3 heteroatoms. The molecule has 1 atom stereocenters. The van der Waals surface area contributed by atoms with Crippen molar-refractivity contribution in [1.29, 1.82) is 0 Å². The Balaban J connectivity index is 2.66. The molecule has 1 aromatic heterocycles. The van der Waals surface area contributed by atoms with Crippen molar-refractivity contribution in [2.75, 3.05) is 0 Å². The minimum absolute atomic E-state index is 0.0631. The number of rotatable bonds is 3. The van der Waals surface area contributed by atoms with E-state index in [4.69, 9.17) is 5.73 Å². The molecule has 0 amide bonds. The van der Waals surface area contributed by atoms with Crippen LogP contribution < -0.4 is 5.73 Å². The summed E-state index contributed by atoms with van der Waals surface area (Å²) in [5.41, 5.74) is 6.94. The zero-order chi connectivity index (χ0) is 9.84. The molecular weight excluding hydrogens is 228 g/mol. The SMILES string of the molecule is CC(C)C[C@@H](N)c1ccc(Br)cn1. The highest BCUT2D eigenvalue weighted by Crippen LogP contribution is 2.18. The van der Waals surface area contributed by atoms with E-state index in [0.717, 1.165) is 16.6 Å². The Kier molecular flexibility index (Phi) is 3.88. The number of pyridine rings is 1. The van der Waals surface area contributed by atoms with Gasteiger partial charge < -0.3 is 5.73 Å². The topological polar surface area (TPSA) is 38.9 Å². The van der Waals surface area contributed by atoms with Gasteiger partial charge >= 0.3 is 0 Å². The lowest BCUT2D eigenvalue weighted by Gasteiger charge is -2.12. The van der Waals surface area contributed by atoms with E-state index in [1.807, 2.05) is 12.1 Å². The van der Waals surface area contributed by atoms with Crippen LogP contribution >= 0.6 is 15.9 Å². The van der Waals surface area contributed by atoms with Gasteiger partial charge in [0.05, 0.1) is 5.69 Å². The fraction of sp³-hybridized carbons (Fsp3) is 0.500. The van der Waals surface area contributed by atoms with E-state index in [-0.39, 0.29) is 6.04 Å². The fourth-order valence-corrected chi connectivity index (χ4v) is 1.47. The summed E-state index contributed by atoms with van der Waals surface area (Å²) >= 11 is 3.34. The van der Waals surface area contributed by atoms with Crippen LogP contribution in [0.5, 0.6) is 0 Å². The van der Waals surface area contributed by atoms with Crippen LogP contribution in [0.1, 0.15) is 32.0 Å². The van der Waals surface area contributed by atoms with Crippen molar-refractivity contribution in [3.05, 3.63) is 28.5 Å². The number of hydrogen-bond donors (Lipinski definition) is 1. The lowest BCUT2D eigenvalue weighted by atomic mass is 10.0. The molecule has 0 aliphatic carbocycles. The van der Waals surface area contributed by atoms with Crippen LogP contribution in [-0.4, -0.2) is 4.98 Å². The molecule has 0 fully saturated rings. The van der Waals surface area contributed by atoms with Crippen LogP contribution in [0.3, 0.4) is 0 Å². The zero-order valence-electron chi connectivity index (χ0n) is 8.00. The third kappa shape index (κ3) is 3.44. The van der Waals surface area contributed by atoms with E-state index in [2.05, 4.69) is 34.8 Å². The largest absolute Gasteiger partial charge is 0.323 e. The second-order valence-corrected chi connectivity index (χ2v) is 4.55. The van der Waals surface area contributed by atoms with Gasteiger partial charge in [0, 0.05) is 16.7 Å². The molecule has 0 unspecified atom stereocenters. The molecule has 0 aliphatic heterocycles. The van der Waals surface area contributed by atoms with E-state index >= 15 is 0 Å². The smallest absolute Gasteiger partial charge is 0.0571 e. The molecule has 13 heavy (non-hydrogen) atoms. The van der Waals surface area contributed by atoms with E-state index in [1.165, 1.54) is 0 Å². The number of aromatic nitrogens is 1. The highest BCUT2D eigenvalue weighted by molar-refractivity contribution is 9.10. The minimum atomic E-state index is 0.0631. The fourth-order valence-electron chi connectivity index (χ4n) is 1.24. The molecule has 1 heterocycles. The lowest BCUT2D eigenvalue weighted by molar-refractivity contribution is 0.502. The van der Waals surface area contributed by atoms with Gasteiger partial charge in [-0.25, -0.2) is 0 Å². The summed E-state index contributed by atoms with van der Waals surface area (Å²) in [6.45, 7) is 4.33. The number of hydrogen-bond acceptors (Lipinski definition) is 2. The van der Waals surface area contributed by atoms with Gasteiger partial charge in [0.2, 0.25) is 0 Å². The molecule has 0 saturated carbocycles. The van der Waals surface area contributed by atoms with Gasteiger partial charge in [-0.15, -0.1) is 0 Å². The third-order valence-electron chi connectivity index (χ3n) is 1.86. The van der Waals surface area contributed by atoms with Crippen LogP contribution in [0.4, 0.5) is 0 Å². The Morgan fingerprint density at radius 3 is 2.62 bits per heavy atom. The number of nitrogens with two attached hydrogens (primary N) is 1. The van der Waals surface area contributed by atoms with Gasteiger partial charge in [-0.1, -0.05) is 13.8 Å². The summed E-state index contributed by atoms with van der Waals surface area (Å²) in [6.07, 6.45) is 2.77. The van der Waals surface area contributed by atoms with Crippen LogP contribution in [0, 0.1) is 5.92 Å². The summed E-state index contributed by atoms with van der Waals surface area (Å²) in [5, 5.41) is 0. The monoisotopic (exact) mass is 242 g/mol. The maximum atomic E-state index is 5.97.